The molecule has 2 bridgehead atoms. The lowest BCUT2D eigenvalue weighted by Gasteiger charge is -2.28. The van der Waals surface area contributed by atoms with Crippen LogP contribution < -0.4 is 5.32 Å². The fraction of sp³-hybridized carbons (Fsp3) is 0.391. The van der Waals surface area contributed by atoms with Crippen LogP contribution in [0.1, 0.15) is 36.3 Å². The molecule has 0 radical (unpaired) electrons. The number of carboxylic acid groups (broad SMARTS) is 1. The molecular formula is C23H23NO4. The molecule has 2 unspecified atom stereocenters. The Kier molecular flexibility index (Phi) is 4.11. The maximum absolute atomic E-state index is 12.5. The van der Waals surface area contributed by atoms with E-state index in [-0.39, 0.29) is 30.4 Å². The van der Waals surface area contributed by atoms with Crippen molar-refractivity contribution >= 4 is 12.1 Å². The molecule has 1 amide bonds. The van der Waals surface area contributed by atoms with Gasteiger partial charge in [-0.3, -0.25) is 4.79 Å². The van der Waals surface area contributed by atoms with Gasteiger partial charge in [0.15, 0.2) is 0 Å². The Bertz CT molecular complexity index is 894. The molecule has 2 aromatic carbocycles. The van der Waals surface area contributed by atoms with Crippen LogP contribution in [0, 0.1) is 17.8 Å². The lowest BCUT2D eigenvalue weighted by molar-refractivity contribution is -0.144. The first-order chi connectivity index (χ1) is 13.6. The fourth-order valence-corrected chi connectivity index (χ4v) is 5.63. The summed E-state index contributed by atoms with van der Waals surface area (Å²) in [5.41, 5.74) is 4.71. The van der Waals surface area contributed by atoms with E-state index in [2.05, 4.69) is 29.6 Å². The van der Waals surface area contributed by atoms with Crippen molar-refractivity contribution in [2.75, 3.05) is 6.61 Å². The smallest absolute Gasteiger partial charge is 0.407 e. The summed E-state index contributed by atoms with van der Waals surface area (Å²) in [6, 6.07) is 16.1. The van der Waals surface area contributed by atoms with Crippen molar-refractivity contribution < 1.29 is 19.4 Å². The second-order valence-electron chi connectivity index (χ2n) is 8.19. The normalized spacial score (nSPS) is 27.3. The molecule has 3 aliphatic carbocycles. The minimum atomic E-state index is -0.809. The third kappa shape index (κ3) is 2.68. The van der Waals surface area contributed by atoms with Crippen molar-refractivity contribution in [2.45, 2.75) is 31.2 Å². The molecule has 5 heteroatoms. The first-order valence-corrected chi connectivity index (χ1v) is 9.98. The molecule has 0 saturated heterocycles. The molecule has 2 fully saturated rings. The number of rotatable bonds is 4. The molecule has 3 aliphatic rings. The highest BCUT2D eigenvalue weighted by molar-refractivity contribution is 5.79. The number of alkyl carbamates (subject to hydrolysis) is 1. The lowest BCUT2D eigenvalue weighted by atomic mass is 9.84. The highest BCUT2D eigenvalue weighted by Crippen LogP contribution is 2.49. The summed E-state index contributed by atoms with van der Waals surface area (Å²) in [5.74, 6) is -0.850. The molecule has 144 valence electrons. The first kappa shape index (κ1) is 17.3. The largest absolute Gasteiger partial charge is 0.481 e. The van der Waals surface area contributed by atoms with Crippen molar-refractivity contribution in [3.63, 3.8) is 0 Å². The van der Waals surface area contributed by atoms with E-state index in [1.165, 1.54) is 22.3 Å². The van der Waals surface area contributed by atoms with E-state index in [4.69, 9.17) is 4.74 Å². The average molecular weight is 377 g/mol. The van der Waals surface area contributed by atoms with Crippen molar-refractivity contribution in [1.29, 1.82) is 0 Å². The molecule has 0 aromatic heterocycles. The summed E-state index contributed by atoms with van der Waals surface area (Å²) in [6.07, 6.45) is 2.32. The van der Waals surface area contributed by atoms with E-state index in [1.807, 2.05) is 24.3 Å². The van der Waals surface area contributed by atoms with Gasteiger partial charge in [-0.2, -0.15) is 0 Å². The highest BCUT2D eigenvalue weighted by atomic mass is 16.5. The van der Waals surface area contributed by atoms with Gasteiger partial charge in [-0.25, -0.2) is 4.79 Å². The number of ether oxygens (including phenoxy) is 1. The van der Waals surface area contributed by atoms with Gasteiger partial charge in [-0.15, -0.1) is 0 Å². The molecule has 5 nitrogen and oxygen atoms in total. The van der Waals surface area contributed by atoms with E-state index < -0.39 is 18.0 Å². The Morgan fingerprint density at radius 1 is 0.964 bits per heavy atom. The van der Waals surface area contributed by atoms with Crippen LogP contribution in [-0.2, 0) is 9.53 Å². The number of carbonyl (C=O) groups excluding carboxylic acids is 1. The van der Waals surface area contributed by atoms with E-state index in [0.717, 1.165) is 19.3 Å². The van der Waals surface area contributed by atoms with Crippen LogP contribution in [0.15, 0.2) is 48.5 Å². The molecule has 2 N–H and O–H groups in total. The highest BCUT2D eigenvalue weighted by Gasteiger charge is 2.51. The Hall–Kier alpha value is -2.82. The van der Waals surface area contributed by atoms with E-state index in [1.54, 1.807) is 0 Å². The number of nitrogens with one attached hydrogen (secondary N) is 1. The zero-order chi connectivity index (χ0) is 19.3. The minimum absolute atomic E-state index is 0.00782. The van der Waals surface area contributed by atoms with E-state index in [0.29, 0.717) is 0 Å². The molecule has 2 saturated carbocycles. The third-order valence-corrected chi connectivity index (χ3v) is 6.83. The van der Waals surface area contributed by atoms with Gasteiger partial charge in [0.2, 0.25) is 0 Å². The Balaban J connectivity index is 1.29. The summed E-state index contributed by atoms with van der Waals surface area (Å²) in [5, 5.41) is 12.4. The lowest BCUT2D eigenvalue weighted by Crippen LogP contribution is -2.47. The van der Waals surface area contributed by atoms with Gasteiger partial charge >= 0.3 is 12.1 Å². The summed E-state index contributed by atoms with van der Waals surface area (Å²) < 4.78 is 5.59. The SMILES string of the molecule is O=C(N[C@@H]1C2CCC(C2)[C@@H]1C(=O)O)OCC1c2ccccc2-c2ccccc21. The number of carboxylic acids is 1. The predicted octanol–water partition coefficient (Wildman–Crippen LogP) is 4.02. The molecule has 0 spiro atoms. The minimum Gasteiger partial charge on any atom is -0.481 e. The zero-order valence-electron chi connectivity index (χ0n) is 15.5. The van der Waals surface area contributed by atoms with Gasteiger partial charge in [0.25, 0.3) is 0 Å². The molecule has 5 rings (SSSR count). The van der Waals surface area contributed by atoms with Crippen molar-refractivity contribution in [3.8, 4) is 11.1 Å². The second kappa shape index (κ2) is 6.66. The van der Waals surface area contributed by atoms with Gasteiger partial charge in [-0.05, 0) is 53.4 Å². The van der Waals surface area contributed by atoms with Gasteiger partial charge in [0.1, 0.15) is 6.61 Å². The summed E-state index contributed by atoms with van der Waals surface area (Å²) >= 11 is 0. The second-order valence-corrected chi connectivity index (χ2v) is 8.19. The predicted molar refractivity (Wildman–Crippen MR) is 104 cm³/mol. The van der Waals surface area contributed by atoms with Crippen molar-refractivity contribution in [2.24, 2.45) is 17.8 Å². The topological polar surface area (TPSA) is 75.6 Å². The molecule has 4 atom stereocenters. The molecule has 0 heterocycles. The quantitative estimate of drug-likeness (QED) is 0.844. The van der Waals surface area contributed by atoms with Crippen LogP contribution in [0.2, 0.25) is 0 Å². The Morgan fingerprint density at radius 2 is 1.57 bits per heavy atom. The van der Waals surface area contributed by atoms with Crippen molar-refractivity contribution in [1.82, 2.24) is 5.32 Å². The maximum atomic E-state index is 12.5. The standard InChI is InChI=1S/C23H23NO4/c25-22(26)20-13-9-10-14(11-13)21(20)24-23(27)28-12-19-17-7-3-1-5-15(17)16-6-2-4-8-18(16)19/h1-8,13-14,19-21H,9-12H2,(H,24,27)(H,25,26)/t13?,14?,20-,21+/m0/s1. The molecule has 2 aromatic rings. The monoisotopic (exact) mass is 377 g/mol. The summed E-state index contributed by atoms with van der Waals surface area (Å²) in [4.78, 5) is 24.1. The number of fused-ring (bicyclic) bond motifs is 5. The van der Waals surface area contributed by atoms with Crippen LogP contribution in [0.5, 0.6) is 0 Å². The Morgan fingerprint density at radius 3 is 2.21 bits per heavy atom. The van der Waals surface area contributed by atoms with Crippen LogP contribution in [0.3, 0.4) is 0 Å². The van der Waals surface area contributed by atoms with Crippen molar-refractivity contribution in [3.05, 3.63) is 59.7 Å². The van der Waals surface area contributed by atoms with Crippen LogP contribution in [0.4, 0.5) is 4.79 Å². The van der Waals surface area contributed by atoms with Gasteiger partial charge in [0, 0.05) is 12.0 Å². The van der Waals surface area contributed by atoms with Gasteiger partial charge in [-0.1, -0.05) is 48.5 Å². The molecule has 0 aliphatic heterocycles. The number of benzene rings is 2. The maximum Gasteiger partial charge on any atom is 0.407 e. The van der Waals surface area contributed by atoms with Gasteiger partial charge < -0.3 is 15.2 Å². The van der Waals surface area contributed by atoms with Crippen LogP contribution in [-0.4, -0.2) is 29.8 Å². The van der Waals surface area contributed by atoms with Crippen LogP contribution >= 0.6 is 0 Å². The van der Waals surface area contributed by atoms with E-state index in [9.17, 15) is 14.7 Å². The zero-order valence-corrected chi connectivity index (χ0v) is 15.5. The third-order valence-electron chi connectivity index (χ3n) is 6.83. The average Bonchev–Trinajstić information content (AvgIpc) is 3.38. The summed E-state index contributed by atoms with van der Waals surface area (Å²) in [6.45, 7) is 0.248. The van der Waals surface area contributed by atoms with Gasteiger partial charge in [0.05, 0.1) is 5.92 Å². The Labute approximate surface area is 163 Å². The number of hydrogen-bond acceptors (Lipinski definition) is 3. The summed E-state index contributed by atoms with van der Waals surface area (Å²) in [7, 11) is 0. The number of carbonyl (C=O) groups is 2. The van der Waals surface area contributed by atoms with E-state index >= 15 is 0 Å². The number of hydrogen-bond donors (Lipinski definition) is 2. The first-order valence-electron chi connectivity index (χ1n) is 9.98. The number of aliphatic carboxylic acids is 1. The molecule has 28 heavy (non-hydrogen) atoms. The van der Waals surface area contributed by atoms with Crippen LogP contribution in [0.25, 0.3) is 11.1 Å². The fourth-order valence-electron chi connectivity index (χ4n) is 5.63. The molecular weight excluding hydrogens is 354 g/mol. The number of amides is 1.